The summed E-state index contributed by atoms with van der Waals surface area (Å²) < 4.78 is 0. The topological polar surface area (TPSA) is 55.1 Å². The SMILES string of the molecule is [CH2][C@@H](NC(=O)CN)c1ccccc1. The van der Waals surface area contributed by atoms with Gasteiger partial charge in [-0.25, -0.2) is 0 Å². The minimum absolute atomic E-state index is 0.00114. The summed E-state index contributed by atoms with van der Waals surface area (Å²) in [4.78, 5) is 10.9. The third-order valence-electron chi connectivity index (χ3n) is 1.72. The Morgan fingerprint density at radius 3 is 2.62 bits per heavy atom. The highest BCUT2D eigenvalue weighted by Gasteiger charge is 2.06. The van der Waals surface area contributed by atoms with E-state index in [9.17, 15) is 4.79 Å². The normalized spacial score (nSPS) is 12.2. The van der Waals surface area contributed by atoms with E-state index in [4.69, 9.17) is 5.73 Å². The highest BCUT2D eigenvalue weighted by molar-refractivity contribution is 5.78. The van der Waals surface area contributed by atoms with Crippen LogP contribution in [0.25, 0.3) is 0 Å². The first kappa shape index (κ1) is 9.74. The second kappa shape index (κ2) is 4.62. The molecule has 0 aliphatic carbocycles. The number of carbonyl (C=O) groups excluding carboxylic acids is 1. The minimum atomic E-state index is -0.225. The lowest BCUT2D eigenvalue weighted by atomic mass is 10.1. The Morgan fingerprint density at radius 2 is 2.08 bits per heavy atom. The van der Waals surface area contributed by atoms with E-state index in [1.165, 1.54) is 0 Å². The molecule has 0 unspecified atom stereocenters. The van der Waals surface area contributed by atoms with Crippen molar-refractivity contribution in [3.63, 3.8) is 0 Å². The fourth-order valence-corrected chi connectivity index (χ4v) is 1.02. The van der Waals surface area contributed by atoms with E-state index < -0.39 is 0 Å². The molecule has 0 aliphatic rings. The van der Waals surface area contributed by atoms with Crippen molar-refractivity contribution >= 4 is 5.91 Å². The van der Waals surface area contributed by atoms with Gasteiger partial charge in [0.05, 0.1) is 12.6 Å². The molecule has 0 aliphatic heterocycles. The molecule has 0 fully saturated rings. The van der Waals surface area contributed by atoms with Crippen LogP contribution in [0.15, 0.2) is 30.3 Å². The summed E-state index contributed by atoms with van der Waals surface area (Å²) in [6.45, 7) is 3.81. The predicted molar refractivity (Wildman–Crippen MR) is 51.7 cm³/mol. The van der Waals surface area contributed by atoms with Crippen molar-refractivity contribution in [2.75, 3.05) is 6.54 Å². The molecule has 3 nitrogen and oxygen atoms in total. The van der Waals surface area contributed by atoms with E-state index in [0.29, 0.717) is 0 Å². The summed E-state index contributed by atoms with van der Waals surface area (Å²) in [7, 11) is 0. The van der Waals surface area contributed by atoms with E-state index in [0.717, 1.165) is 5.56 Å². The molecule has 0 spiro atoms. The second-order valence-corrected chi connectivity index (χ2v) is 2.73. The summed E-state index contributed by atoms with van der Waals surface area (Å²) in [6.07, 6.45) is 0. The maximum Gasteiger partial charge on any atom is 0.234 e. The molecule has 1 rings (SSSR count). The average molecular weight is 177 g/mol. The van der Waals surface area contributed by atoms with Crippen molar-refractivity contribution in [1.29, 1.82) is 0 Å². The van der Waals surface area contributed by atoms with Gasteiger partial charge in [-0.1, -0.05) is 30.3 Å². The van der Waals surface area contributed by atoms with E-state index in [2.05, 4.69) is 12.2 Å². The Labute approximate surface area is 77.9 Å². The first-order chi connectivity index (χ1) is 6.24. The van der Waals surface area contributed by atoms with Crippen LogP contribution >= 0.6 is 0 Å². The number of benzene rings is 1. The first-order valence-corrected chi connectivity index (χ1v) is 4.11. The van der Waals surface area contributed by atoms with E-state index in [1.54, 1.807) is 0 Å². The average Bonchev–Trinajstić information content (AvgIpc) is 2.19. The maximum atomic E-state index is 10.9. The number of rotatable bonds is 3. The van der Waals surface area contributed by atoms with Crippen LogP contribution in [-0.4, -0.2) is 12.5 Å². The molecule has 1 atom stereocenters. The number of nitrogens with two attached hydrogens (primary N) is 1. The van der Waals surface area contributed by atoms with Crippen molar-refractivity contribution in [2.45, 2.75) is 6.04 Å². The molecule has 0 bridgehead atoms. The largest absolute Gasteiger partial charge is 0.348 e. The molecule has 1 amide bonds. The zero-order chi connectivity index (χ0) is 9.68. The summed E-state index contributed by atoms with van der Waals surface area (Å²) in [5.41, 5.74) is 6.13. The van der Waals surface area contributed by atoms with Gasteiger partial charge in [-0.3, -0.25) is 4.79 Å². The van der Waals surface area contributed by atoms with Crippen LogP contribution in [-0.2, 0) is 4.79 Å². The molecule has 1 aromatic rings. The van der Waals surface area contributed by atoms with Gasteiger partial charge in [0.15, 0.2) is 0 Å². The van der Waals surface area contributed by atoms with Crippen LogP contribution in [0.1, 0.15) is 11.6 Å². The maximum absolute atomic E-state index is 10.9. The Morgan fingerprint density at radius 1 is 1.46 bits per heavy atom. The van der Waals surface area contributed by atoms with Gasteiger partial charge in [-0.05, 0) is 12.5 Å². The van der Waals surface area contributed by atoms with Crippen LogP contribution in [0, 0.1) is 6.92 Å². The summed E-state index contributed by atoms with van der Waals surface area (Å²) in [5.74, 6) is -0.191. The Kier molecular flexibility index (Phi) is 3.46. The molecule has 0 heterocycles. The van der Waals surface area contributed by atoms with Crippen LogP contribution in [0.2, 0.25) is 0 Å². The molecule has 0 saturated carbocycles. The number of nitrogens with one attached hydrogen (secondary N) is 1. The lowest BCUT2D eigenvalue weighted by Gasteiger charge is -2.12. The van der Waals surface area contributed by atoms with Crippen molar-refractivity contribution in [1.82, 2.24) is 5.32 Å². The predicted octanol–water partition coefficient (Wildman–Crippen LogP) is 0.637. The third kappa shape index (κ3) is 2.87. The van der Waals surface area contributed by atoms with Crippen LogP contribution in [0.4, 0.5) is 0 Å². The van der Waals surface area contributed by atoms with Gasteiger partial charge in [-0.15, -0.1) is 0 Å². The molecular formula is C10H13N2O. The fraction of sp³-hybridized carbons (Fsp3) is 0.200. The summed E-state index contributed by atoms with van der Waals surface area (Å²) >= 11 is 0. The van der Waals surface area contributed by atoms with Gasteiger partial charge in [0.1, 0.15) is 0 Å². The minimum Gasteiger partial charge on any atom is -0.348 e. The van der Waals surface area contributed by atoms with Gasteiger partial charge in [0.25, 0.3) is 0 Å². The highest BCUT2D eigenvalue weighted by atomic mass is 16.1. The molecule has 1 radical (unpaired) electrons. The lowest BCUT2D eigenvalue weighted by Crippen LogP contribution is -2.32. The fourth-order valence-electron chi connectivity index (χ4n) is 1.02. The van der Waals surface area contributed by atoms with Crippen LogP contribution < -0.4 is 11.1 Å². The van der Waals surface area contributed by atoms with Crippen molar-refractivity contribution in [3.8, 4) is 0 Å². The van der Waals surface area contributed by atoms with Crippen LogP contribution in [0.5, 0.6) is 0 Å². The monoisotopic (exact) mass is 177 g/mol. The second-order valence-electron chi connectivity index (χ2n) is 2.73. The zero-order valence-corrected chi connectivity index (χ0v) is 7.36. The Bertz CT molecular complexity index is 272. The molecular weight excluding hydrogens is 164 g/mol. The standard InChI is InChI=1S/C10H13N2O/c1-8(12-10(13)7-11)9-5-3-2-4-6-9/h2-6,8H,1,7,11H2,(H,12,13)/t8-/m1/s1. The van der Waals surface area contributed by atoms with Gasteiger partial charge in [-0.2, -0.15) is 0 Å². The van der Waals surface area contributed by atoms with Gasteiger partial charge in [0.2, 0.25) is 5.91 Å². The quantitative estimate of drug-likeness (QED) is 0.711. The number of hydrogen-bond donors (Lipinski definition) is 2. The molecule has 3 heteroatoms. The molecule has 69 valence electrons. The molecule has 0 aromatic heterocycles. The van der Waals surface area contributed by atoms with Crippen molar-refractivity contribution in [2.24, 2.45) is 5.73 Å². The molecule has 1 aromatic carbocycles. The zero-order valence-electron chi connectivity index (χ0n) is 7.36. The molecule has 13 heavy (non-hydrogen) atoms. The smallest absolute Gasteiger partial charge is 0.234 e. The molecule has 0 saturated heterocycles. The van der Waals surface area contributed by atoms with Crippen LogP contribution in [0.3, 0.4) is 0 Å². The summed E-state index contributed by atoms with van der Waals surface area (Å²) in [6, 6.07) is 9.32. The molecule has 3 N–H and O–H groups in total. The highest BCUT2D eigenvalue weighted by Crippen LogP contribution is 2.09. The number of hydrogen-bond acceptors (Lipinski definition) is 2. The number of amides is 1. The third-order valence-corrected chi connectivity index (χ3v) is 1.72. The van der Waals surface area contributed by atoms with E-state index in [-0.39, 0.29) is 18.5 Å². The van der Waals surface area contributed by atoms with Crippen molar-refractivity contribution in [3.05, 3.63) is 42.8 Å². The Hall–Kier alpha value is -1.35. The van der Waals surface area contributed by atoms with Gasteiger partial charge in [0, 0.05) is 0 Å². The van der Waals surface area contributed by atoms with E-state index >= 15 is 0 Å². The van der Waals surface area contributed by atoms with E-state index in [1.807, 2.05) is 30.3 Å². The van der Waals surface area contributed by atoms with Gasteiger partial charge >= 0.3 is 0 Å². The van der Waals surface area contributed by atoms with Gasteiger partial charge < -0.3 is 11.1 Å². The lowest BCUT2D eigenvalue weighted by molar-refractivity contribution is -0.120. The van der Waals surface area contributed by atoms with Crippen molar-refractivity contribution < 1.29 is 4.79 Å². The number of carbonyl (C=O) groups is 1. The summed E-state index contributed by atoms with van der Waals surface area (Å²) in [5, 5.41) is 2.67. The Balaban J connectivity index is 2.59. The first-order valence-electron chi connectivity index (χ1n) is 4.11.